The number of hydrogen-bond donors (Lipinski definition) is 0. The van der Waals surface area contributed by atoms with E-state index in [-0.39, 0.29) is 34.2 Å². The fourth-order valence-corrected chi connectivity index (χ4v) is 14.0. The zero-order valence-corrected chi connectivity index (χ0v) is 46.0. The fraction of sp³-hybridized carbons (Fsp3) is 0.188. The van der Waals surface area contributed by atoms with Crippen molar-refractivity contribution in [2.45, 2.75) is 79.8 Å². The van der Waals surface area contributed by atoms with E-state index in [1.807, 2.05) is 24.3 Å². The summed E-state index contributed by atoms with van der Waals surface area (Å²) in [7, 11) is 0. The number of thiophene rings is 2. The lowest BCUT2D eigenvalue weighted by Gasteiger charge is -2.25. The maximum atomic E-state index is 15.9. The topological polar surface area (TPSA) is 35.0 Å². The van der Waals surface area contributed by atoms with E-state index >= 15 is 26.3 Å². The highest BCUT2D eigenvalue weighted by molar-refractivity contribution is 7.16. The van der Waals surface area contributed by atoms with E-state index in [1.165, 1.54) is 87.5 Å². The first-order chi connectivity index (χ1) is 36.7. The van der Waals surface area contributed by atoms with Crippen LogP contribution >= 0.6 is 34.4 Å². The maximum absolute atomic E-state index is 15.9. The third-order valence-corrected chi connectivity index (χ3v) is 17.7. The van der Waals surface area contributed by atoms with Crippen molar-refractivity contribution in [1.29, 1.82) is 0 Å². The molecule has 11 rings (SSSR count). The Bertz CT molecular complexity index is 3830. The molecule has 1 aliphatic rings. The number of alkyl halides is 6. The molecule has 0 saturated carbocycles. The predicted molar refractivity (Wildman–Crippen MR) is 309 cm³/mol. The molecule has 3 aromatic heterocycles. The minimum atomic E-state index is -5.65. The van der Waals surface area contributed by atoms with Gasteiger partial charge in [-0.3, -0.25) is 0 Å². The van der Waals surface area contributed by atoms with Gasteiger partial charge in [-0.25, -0.2) is 0 Å². The van der Waals surface area contributed by atoms with Gasteiger partial charge in [0, 0.05) is 41.8 Å². The van der Waals surface area contributed by atoms with Crippen molar-refractivity contribution in [2.75, 3.05) is 0 Å². The summed E-state index contributed by atoms with van der Waals surface area (Å²) in [4.78, 5) is 1.41. The summed E-state index contributed by atoms with van der Waals surface area (Å²) in [6.07, 6.45) is 0. The molecule has 0 amide bonds. The van der Waals surface area contributed by atoms with E-state index < -0.39 is 28.9 Å². The second kappa shape index (κ2) is 19.8. The van der Waals surface area contributed by atoms with Gasteiger partial charge in [0.1, 0.15) is 23.4 Å². The first-order valence-electron chi connectivity index (χ1n) is 25.2. The molecule has 0 bridgehead atoms. The van der Waals surface area contributed by atoms with Gasteiger partial charge in [-0.05, 0) is 131 Å². The molecule has 7 aromatic carbocycles. The molecule has 386 valence electrons. The number of hydrogen-bond acceptors (Lipinski definition) is 6. The van der Waals surface area contributed by atoms with E-state index in [0.717, 1.165) is 61.5 Å². The van der Waals surface area contributed by atoms with Crippen LogP contribution in [0.1, 0.15) is 59.8 Å². The Morgan fingerprint density at radius 3 is 1.32 bits per heavy atom. The lowest BCUT2D eigenvalue weighted by atomic mass is 9.34. The number of allylic oxidation sites excluding steroid dienone is 2. The second-order valence-corrected chi connectivity index (χ2v) is 23.4. The predicted octanol–water partition coefficient (Wildman–Crippen LogP) is 16.9. The Hall–Kier alpha value is -7.06. The molecule has 3 heterocycles. The average Bonchev–Trinajstić information content (AvgIpc) is 4.32. The Morgan fingerprint density at radius 1 is 0.455 bits per heavy atom. The number of aromatic nitrogens is 2. The van der Waals surface area contributed by atoms with Crippen molar-refractivity contribution in [1.82, 2.24) is 8.75 Å². The first-order valence-corrected chi connectivity index (χ1v) is 27.6. The molecular weight excluding hydrogens is 1030 g/mol. The van der Waals surface area contributed by atoms with Crippen LogP contribution in [0, 0.1) is 55.4 Å². The van der Waals surface area contributed by atoms with E-state index in [2.05, 4.69) is 102 Å². The number of fused-ring (bicyclic) bond motifs is 1. The van der Waals surface area contributed by atoms with Gasteiger partial charge >= 0.3 is 17.8 Å². The Morgan fingerprint density at radius 2 is 0.870 bits per heavy atom. The van der Waals surface area contributed by atoms with Gasteiger partial charge in [0.15, 0.2) is 0 Å². The van der Waals surface area contributed by atoms with Crippen LogP contribution < -0.4 is 21.1 Å². The molecule has 0 radical (unpaired) electrons. The van der Waals surface area contributed by atoms with Gasteiger partial charge in [-0.2, -0.15) is 35.1 Å². The summed E-state index contributed by atoms with van der Waals surface area (Å²) in [5.41, 5.74) is 16.1. The quantitative estimate of drug-likeness (QED) is 0.0903. The van der Waals surface area contributed by atoms with Crippen LogP contribution in [0.25, 0.3) is 65.3 Å². The van der Waals surface area contributed by atoms with Gasteiger partial charge in [-0.1, -0.05) is 165 Å². The minimum Gasteiger partial charge on any atom is -0.489 e. The van der Waals surface area contributed by atoms with Crippen LogP contribution in [0.3, 0.4) is 0 Å². The Kier molecular flexibility index (Phi) is 13.3. The molecular formula is C64H51BF6N2OS3. The normalized spacial score (nSPS) is 14.7. The summed E-state index contributed by atoms with van der Waals surface area (Å²) in [5, 5.41) is 0. The van der Waals surface area contributed by atoms with Crippen LogP contribution in [-0.4, -0.2) is 33.2 Å². The summed E-state index contributed by atoms with van der Waals surface area (Å²) in [6.45, 7) is 16.5. The molecule has 13 heteroatoms. The van der Waals surface area contributed by atoms with Gasteiger partial charge in [0.05, 0.1) is 11.7 Å². The van der Waals surface area contributed by atoms with E-state index in [9.17, 15) is 0 Å². The molecule has 0 unspecified atom stereocenters. The van der Waals surface area contributed by atoms with Gasteiger partial charge in [0.2, 0.25) is 6.71 Å². The maximum Gasteiger partial charge on any atom is 0.380 e. The Labute approximate surface area is 457 Å². The van der Waals surface area contributed by atoms with Gasteiger partial charge < -0.3 is 4.74 Å². The van der Waals surface area contributed by atoms with E-state index in [1.54, 1.807) is 54.6 Å². The van der Waals surface area contributed by atoms with Crippen molar-refractivity contribution in [2.24, 2.45) is 0 Å². The summed E-state index contributed by atoms with van der Waals surface area (Å²) in [5.74, 6) is -15.4. The largest absolute Gasteiger partial charge is 0.489 e. The number of benzene rings is 7. The lowest BCUT2D eigenvalue weighted by Crippen LogP contribution is -2.55. The standard InChI is InChI=1S/C64H51BF6N2OS3/c1-35-28-37(3)58(38(4)29-35)65(59-39(5)30-36(2)31-40(59)6)48-22-18-45(19-23-48)51-27-26-50(60-61(51)73-77-72-60)44-16-14-43(15-17-44)34-74-49-24-20-47(21-25-49)55-33-53(42(8)76-55)57-56(62(66,67)64(70,71)63(57,68)69)52-32-54(75-41(52)7)46-12-10-9-11-13-46/h9-33H,34H2,1-8H3. The lowest BCUT2D eigenvalue weighted by molar-refractivity contribution is -0.254. The van der Waals surface area contributed by atoms with E-state index in [4.69, 9.17) is 13.5 Å². The van der Waals surface area contributed by atoms with Crippen LogP contribution in [0.2, 0.25) is 0 Å². The molecule has 1 aliphatic carbocycles. The molecule has 3 nitrogen and oxygen atoms in total. The second-order valence-electron chi connectivity index (χ2n) is 20.3. The number of halogens is 6. The number of aryl methyl sites for hydroxylation is 8. The first kappa shape index (κ1) is 52.0. The highest BCUT2D eigenvalue weighted by atomic mass is 32.1. The van der Waals surface area contributed by atoms with Crippen LogP contribution in [0.5, 0.6) is 5.75 Å². The molecule has 0 saturated heterocycles. The zero-order chi connectivity index (χ0) is 54.3. The Balaban J connectivity index is 0.808. The van der Waals surface area contributed by atoms with Crippen LogP contribution in [-0.2, 0) is 6.61 Å². The smallest absolute Gasteiger partial charge is 0.380 e. The molecule has 0 fully saturated rings. The molecule has 0 atom stereocenters. The minimum absolute atomic E-state index is 0.0682. The monoisotopic (exact) mass is 1080 g/mol. The summed E-state index contributed by atoms with van der Waals surface area (Å²) in [6, 6.07) is 48.7. The summed E-state index contributed by atoms with van der Waals surface area (Å²) >= 11 is 3.36. The van der Waals surface area contributed by atoms with Gasteiger partial charge in [0.25, 0.3) is 0 Å². The third kappa shape index (κ3) is 9.03. The van der Waals surface area contributed by atoms with Crippen molar-refractivity contribution in [3.63, 3.8) is 0 Å². The van der Waals surface area contributed by atoms with Gasteiger partial charge in [-0.15, -0.1) is 22.7 Å². The zero-order valence-electron chi connectivity index (χ0n) is 43.5. The number of rotatable bonds is 12. The summed E-state index contributed by atoms with van der Waals surface area (Å²) < 4.78 is 110. The highest BCUT2D eigenvalue weighted by Crippen LogP contribution is 2.66. The highest BCUT2D eigenvalue weighted by Gasteiger charge is 2.80. The molecule has 0 aliphatic heterocycles. The SMILES string of the molecule is Cc1cc(C)c(B(c2ccc(-c3ccc(-c4ccc(COc5ccc(-c6cc(C7=C(c8cc(-c9ccccc9)sc8C)C(F)(F)C(F)(F)C7(F)F)c(C)s6)cc5)cc4)c4nsnc34)cc2)c2c(C)cc(C)cc2C)c(C)c1. The van der Waals surface area contributed by atoms with Crippen LogP contribution in [0.15, 0.2) is 152 Å². The average molecular weight is 1090 g/mol. The van der Waals surface area contributed by atoms with Crippen LogP contribution in [0.4, 0.5) is 26.3 Å². The molecule has 77 heavy (non-hydrogen) atoms. The van der Waals surface area contributed by atoms with Crippen molar-refractivity contribution in [3.8, 4) is 48.9 Å². The molecule has 10 aromatic rings. The van der Waals surface area contributed by atoms with Crippen molar-refractivity contribution < 1.29 is 31.1 Å². The molecule has 0 spiro atoms. The number of ether oxygens (including phenoxy) is 1. The number of nitrogens with zero attached hydrogens (tertiary/aromatic N) is 2. The molecule has 0 N–H and O–H groups in total. The van der Waals surface area contributed by atoms with E-state index in [0.29, 0.717) is 26.6 Å². The van der Waals surface area contributed by atoms with Crippen molar-refractivity contribution in [3.05, 3.63) is 211 Å². The third-order valence-electron chi connectivity index (χ3n) is 14.9. The van der Waals surface area contributed by atoms with Crippen molar-refractivity contribution >= 4 is 79.7 Å². The fourth-order valence-electron chi connectivity index (χ4n) is 11.4.